The summed E-state index contributed by atoms with van der Waals surface area (Å²) >= 11 is 3.46. The fourth-order valence-corrected chi connectivity index (χ4v) is 3.39. The van der Waals surface area contributed by atoms with Gasteiger partial charge in [-0.3, -0.25) is 4.79 Å². The second kappa shape index (κ2) is 7.41. The number of carbonyl (C=O) groups excluding carboxylic acids is 1. The number of hydrogen-bond acceptors (Lipinski definition) is 2. The molecule has 0 unspecified atom stereocenters. The lowest BCUT2D eigenvalue weighted by atomic mass is 10.0. The Morgan fingerprint density at radius 2 is 2.05 bits per heavy atom. The highest BCUT2D eigenvalue weighted by atomic mass is 79.9. The molecule has 1 aromatic rings. The van der Waals surface area contributed by atoms with Crippen molar-refractivity contribution >= 4 is 21.8 Å². The summed E-state index contributed by atoms with van der Waals surface area (Å²) < 4.78 is 0.961. The van der Waals surface area contributed by atoms with Crippen LogP contribution in [0.4, 0.5) is 0 Å². The van der Waals surface area contributed by atoms with Crippen LogP contribution >= 0.6 is 15.9 Å². The molecule has 0 saturated carbocycles. The van der Waals surface area contributed by atoms with E-state index in [0.717, 1.165) is 41.5 Å². The van der Waals surface area contributed by atoms with E-state index in [-0.39, 0.29) is 5.91 Å². The Morgan fingerprint density at radius 3 is 2.67 bits per heavy atom. The summed E-state index contributed by atoms with van der Waals surface area (Å²) in [6.07, 6.45) is 3.36. The summed E-state index contributed by atoms with van der Waals surface area (Å²) in [4.78, 5) is 17.2. The predicted molar refractivity (Wildman–Crippen MR) is 90.7 cm³/mol. The van der Waals surface area contributed by atoms with Crippen molar-refractivity contribution in [3.63, 3.8) is 0 Å². The van der Waals surface area contributed by atoms with E-state index >= 15 is 0 Å². The maximum atomic E-state index is 12.7. The van der Waals surface area contributed by atoms with Gasteiger partial charge in [0.1, 0.15) is 0 Å². The predicted octanol–water partition coefficient (Wildman–Crippen LogP) is 3.70. The van der Waals surface area contributed by atoms with Crippen molar-refractivity contribution in [2.75, 3.05) is 26.7 Å². The number of benzene rings is 1. The van der Waals surface area contributed by atoms with Crippen LogP contribution < -0.4 is 0 Å². The first-order valence-electron chi connectivity index (χ1n) is 7.78. The summed E-state index contributed by atoms with van der Waals surface area (Å²) in [7, 11) is 1.95. The van der Waals surface area contributed by atoms with Gasteiger partial charge in [-0.05, 0) is 50.4 Å². The quantitative estimate of drug-likeness (QED) is 0.824. The van der Waals surface area contributed by atoms with E-state index in [4.69, 9.17) is 0 Å². The highest BCUT2D eigenvalue weighted by molar-refractivity contribution is 9.10. The van der Waals surface area contributed by atoms with Gasteiger partial charge >= 0.3 is 0 Å². The van der Waals surface area contributed by atoms with Gasteiger partial charge in [-0.2, -0.15) is 0 Å². The van der Waals surface area contributed by atoms with E-state index in [1.54, 1.807) is 0 Å². The number of carbonyl (C=O) groups is 1. The van der Waals surface area contributed by atoms with Crippen LogP contribution in [-0.2, 0) is 0 Å². The van der Waals surface area contributed by atoms with Crippen molar-refractivity contribution in [1.29, 1.82) is 0 Å². The van der Waals surface area contributed by atoms with Gasteiger partial charge in [0.15, 0.2) is 0 Å². The van der Waals surface area contributed by atoms with Crippen molar-refractivity contribution in [2.24, 2.45) is 0 Å². The molecule has 0 aliphatic carbocycles. The smallest absolute Gasteiger partial charge is 0.254 e. The Morgan fingerprint density at radius 1 is 1.38 bits per heavy atom. The highest BCUT2D eigenvalue weighted by Gasteiger charge is 2.26. The van der Waals surface area contributed by atoms with Gasteiger partial charge < -0.3 is 9.80 Å². The fourth-order valence-electron chi connectivity index (χ4n) is 3.03. The molecule has 1 heterocycles. The number of amides is 1. The van der Waals surface area contributed by atoms with Crippen molar-refractivity contribution < 1.29 is 4.79 Å². The first-order valence-corrected chi connectivity index (χ1v) is 8.58. The molecule has 1 amide bonds. The largest absolute Gasteiger partial charge is 0.339 e. The third-order valence-corrected chi connectivity index (χ3v) is 4.89. The summed E-state index contributed by atoms with van der Waals surface area (Å²) in [5.74, 6) is 0.141. The lowest BCUT2D eigenvalue weighted by molar-refractivity contribution is 0.0642. The van der Waals surface area contributed by atoms with Crippen molar-refractivity contribution in [2.45, 2.75) is 39.2 Å². The van der Waals surface area contributed by atoms with Crippen LogP contribution in [0.15, 0.2) is 22.7 Å². The molecule has 0 atom stereocenters. The molecular weight excluding hydrogens is 328 g/mol. The number of halogens is 1. The van der Waals surface area contributed by atoms with Gasteiger partial charge in [-0.25, -0.2) is 0 Å². The Kier molecular flexibility index (Phi) is 5.82. The molecule has 1 aromatic carbocycles. The van der Waals surface area contributed by atoms with Crippen LogP contribution in [-0.4, -0.2) is 48.4 Å². The lowest BCUT2D eigenvalue weighted by Crippen LogP contribution is -2.45. The maximum absolute atomic E-state index is 12.7. The molecule has 0 radical (unpaired) electrons. The topological polar surface area (TPSA) is 23.6 Å². The number of hydrogen-bond donors (Lipinski definition) is 0. The monoisotopic (exact) mass is 352 g/mol. The SMILES string of the molecule is CCCN1CCC(N(C)C(=O)c2cc(Br)ccc2C)CC1. The average molecular weight is 353 g/mol. The van der Waals surface area contributed by atoms with Crippen LogP contribution in [0.3, 0.4) is 0 Å². The minimum absolute atomic E-state index is 0.141. The third-order valence-electron chi connectivity index (χ3n) is 4.40. The molecule has 1 fully saturated rings. The number of piperidine rings is 1. The third kappa shape index (κ3) is 4.07. The van der Waals surface area contributed by atoms with Crippen molar-refractivity contribution in [3.05, 3.63) is 33.8 Å². The zero-order valence-corrected chi connectivity index (χ0v) is 14.8. The van der Waals surface area contributed by atoms with Gasteiger partial charge in [-0.15, -0.1) is 0 Å². The molecule has 1 aliphatic rings. The molecule has 0 bridgehead atoms. The maximum Gasteiger partial charge on any atom is 0.254 e. The Balaban J connectivity index is 2.01. The van der Waals surface area contributed by atoms with E-state index in [9.17, 15) is 4.79 Å². The standard InChI is InChI=1S/C17H25BrN2O/c1-4-9-20-10-7-15(8-11-20)19(3)17(21)16-12-14(18)6-5-13(16)2/h5-6,12,15H,4,7-11H2,1-3H3. The first-order chi connectivity index (χ1) is 10.0. The average Bonchev–Trinajstić information content (AvgIpc) is 2.49. The molecule has 0 aromatic heterocycles. The van der Waals surface area contributed by atoms with E-state index in [2.05, 4.69) is 27.8 Å². The second-order valence-electron chi connectivity index (χ2n) is 5.95. The molecule has 1 aliphatic heterocycles. The summed E-state index contributed by atoms with van der Waals surface area (Å²) in [6, 6.07) is 6.27. The number of likely N-dealkylation sites (tertiary alicyclic amines) is 1. The van der Waals surface area contributed by atoms with Gasteiger partial charge in [0, 0.05) is 36.2 Å². The van der Waals surface area contributed by atoms with Gasteiger partial charge in [0.2, 0.25) is 0 Å². The summed E-state index contributed by atoms with van der Waals surface area (Å²) in [5, 5.41) is 0. The fraction of sp³-hybridized carbons (Fsp3) is 0.588. The van der Waals surface area contributed by atoms with Gasteiger partial charge in [0.25, 0.3) is 5.91 Å². The Bertz CT molecular complexity index is 496. The molecule has 21 heavy (non-hydrogen) atoms. The zero-order valence-electron chi connectivity index (χ0n) is 13.2. The van der Waals surface area contributed by atoms with E-state index < -0.39 is 0 Å². The minimum Gasteiger partial charge on any atom is -0.339 e. The van der Waals surface area contributed by atoms with E-state index in [1.165, 1.54) is 13.0 Å². The highest BCUT2D eigenvalue weighted by Crippen LogP contribution is 2.21. The Labute approximate surface area is 136 Å². The normalized spacial score (nSPS) is 17.0. The molecule has 0 spiro atoms. The number of nitrogens with zero attached hydrogens (tertiary/aromatic N) is 2. The van der Waals surface area contributed by atoms with Crippen LogP contribution in [0, 0.1) is 6.92 Å². The van der Waals surface area contributed by atoms with Crippen molar-refractivity contribution in [3.8, 4) is 0 Å². The second-order valence-corrected chi connectivity index (χ2v) is 6.86. The lowest BCUT2D eigenvalue weighted by Gasteiger charge is -2.36. The minimum atomic E-state index is 0.141. The molecule has 3 nitrogen and oxygen atoms in total. The van der Waals surface area contributed by atoms with Gasteiger partial charge in [0.05, 0.1) is 0 Å². The number of rotatable bonds is 4. The van der Waals surface area contributed by atoms with Crippen LogP contribution in [0.1, 0.15) is 42.1 Å². The Hall–Kier alpha value is -0.870. The van der Waals surface area contributed by atoms with Crippen molar-refractivity contribution in [1.82, 2.24) is 9.80 Å². The van der Waals surface area contributed by atoms with Crippen LogP contribution in [0.2, 0.25) is 0 Å². The molecule has 116 valence electrons. The van der Waals surface area contributed by atoms with E-state index in [0.29, 0.717) is 6.04 Å². The molecule has 0 N–H and O–H groups in total. The summed E-state index contributed by atoms with van der Waals surface area (Å²) in [6.45, 7) is 7.60. The molecule has 4 heteroatoms. The molecule has 2 rings (SSSR count). The number of aryl methyl sites for hydroxylation is 1. The van der Waals surface area contributed by atoms with Crippen LogP contribution in [0.5, 0.6) is 0 Å². The van der Waals surface area contributed by atoms with E-state index in [1.807, 2.05) is 37.1 Å². The van der Waals surface area contributed by atoms with Gasteiger partial charge in [-0.1, -0.05) is 28.9 Å². The molecule has 1 saturated heterocycles. The van der Waals surface area contributed by atoms with Crippen LogP contribution in [0.25, 0.3) is 0 Å². The summed E-state index contributed by atoms with van der Waals surface area (Å²) in [5.41, 5.74) is 1.85. The zero-order chi connectivity index (χ0) is 15.4. The molecular formula is C17H25BrN2O. The first kappa shape index (κ1) is 16.5.